The van der Waals surface area contributed by atoms with Gasteiger partial charge in [0, 0.05) is 11.9 Å². The van der Waals surface area contributed by atoms with E-state index in [-0.39, 0.29) is 11.4 Å². The van der Waals surface area contributed by atoms with Gasteiger partial charge in [-0.3, -0.25) is 9.78 Å². The van der Waals surface area contributed by atoms with Gasteiger partial charge in [-0.15, -0.1) is 0 Å². The molecule has 0 bridgehead atoms. The smallest absolute Gasteiger partial charge is 0.257 e. The van der Waals surface area contributed by atoms with Gasteiger partial charge in [-0.1, -0.05) is 23.7 Å². The fraction of sp³-hybridized carbons (Fsp3) is 0.143. The van der Waals surface area contributed by atoms with Gasteiger partial charge in [-0.2, -0.15) is 0 Å². The lowest BCUT2D eigenvalue weighted by molar-refractivity contribution is 0.102. The summed E-state index contributed by atoms with van der Waals surface area (Å²) < 4.78 is 0. The van der Waals surface area contributed by atoms with E-state index in [0.29, 0.717) is 16.3 Å². The largest absolute Gasteiger partial charge is 0.412 e. The molecule has 0 aliphatic carbocycles. The molecule has 0 fully saturated rings. The number of pyridine rings is 1. The van der Waals surface area contributed by atoms with Crippen molar-refractivity contribution in [2.45, 2.75) is 13.8 Å². The van der Waals surface area contributed by atoms with E-state index in [0.717, 1.165) is 11.3 Å². The van der Waals surface area contributed by atoms with E-state index in [1.807, 2.05) is 26.0 Å². The van der Waals surface area contributed by atoms with Crippen molar-refractivity contribution < 1.29 is 10.3 Å². The van der Waals surface area contributed by atoms with E-state index in [2.05, 4.69) is 10.3 Å². The first kappa shape index (κ1) is 15.1. The lowest BCUT2D eigenvalue weighted by Gasteiger charge is -2.10. The molecule has 1 amide bonds. The Morgan fingerprint density at radius 2 is 1.95 bits per heavy atom. The van der Waals surface area contributed by atoms with Gasteiger partial charge in [0.15, 0.2) is 0 Å². The molecule has 4 nitrogen and oxygen atoms in total. The summed E-state index contributed by atoms with van der Waals surface area (Å²) in [4.78, 5) is 16.1. The molecule has 0 atom stereocenters. The van der Waals surface area contributed by atoms with Crippen LogP contribution in [0.1, 0.15) is 21.6 Å². The molecule has 1 aromatic heterocycles. The number of rotatable bonds is 2. The molecule has 1 aromatic carbocycles. The predicted octanol–water partition coefficient (Wildman–Crippen LogP) is 2.78. The highest BCUT2D eigenvalue weighted by molar-refractivity contribution is 6.34. The number of anilines is 1. The SMILES string of the molecule is Cc1ccc(C(=O)Nc2c(C)cccc2Cl)cn1.O. The second kappa shape index (κ2) is 6.31. The van der Waals surface area contributed by atoms with Gasteiger partial charge < -0.3 is 10.8 Å². The van der Waals surface area contributed by atoms with Gasteiger partial charge in [0.1, 0.15) is 0 Å². The molecule has 0 saturated carbocycles. The number of carbonyl (C=O) groups excluding carboxylic acids is 1. The van der Waals surface area contributed by atoms with E-state index in [1.54, 1.807) is 24.4 Å². The van der Waals surface area contributed by atoms with Crippen LogP contribution in [0.15, 0.2) is 36.5 Å². The van der Waals surface area contributed by atoms with Crippen molar-refractivity contribution in [2.75, 3.05) is 5.32 Å². The number of hydrogen-bond acceptors (Lipinski definition) is 2. The second-order valence-corrected chi connectivity index (χ2v) is 4.48. The molecule has 5 heteroatoms. The normalized spacial score (nSPS) is 9.63. The van der Waals surface area contributed by atoms with Gasteiger partial charge in [0.05, 0.1) is 16.3 Å². The molecule has 2 rings (SSSR count). The van der Waals surface area contributed by atoms with Crippen LogP contribution < -0.4 is 5.32 Å². The molecule has 0 radical (unpaired) electrons. The Hall–Kier alpha value is -1.91. The van der Waals surface area contributed by atoms with Gasteiger partial charge >= 0.3 is 0 Å². The van der Waals surface area contributed by atoms with Gasteiger partial charge in [0.2, 0.25) is 0 Å². The summed E-state index contributed by atoms with van der Waals surface area (Å²) in [7, 11) is 0. The van der Waals surface area contributed by atoms with Crippen molar-refractivity contribution in [3.63, 3.8) is 0 Å². The molecule has 0 unspecified atom stereocenters. The van der Waals surface area contributed by atoms with E-state index >= 15 is 0 Å². The minimum Gasteiger partial charge on any atom is -0.412 e. The molecule has 3 N–H and O–H groups in total. The topological polar surface area (TPSA) is 73.5 Å². The summed E-state index contributed by atoms with van der Waals surface area (Å²) in [6, 6.07) is 9.03. The predicted molar refractivity (Wildman–Crippen MR) is 76.7 cm³/mol. The molecule has 0 aliphatic rings. The third kappa shape index (κ3) is 3.53. The third-order valence-corrected chi connectivity index (χ3v) is 2.95. The molecule has 19 heavy (non-hydrogen) atoms. The molecular weight excluding hydrogens is 264 g/mol. The summed E-state index contributed by atoms with van der Waals surface area (Å²) in [5.41, 5.74) is 2.96. The highest BCUT2D eigenvalue weighted by Crippen LogP contribution is 2.25. The van der Waals surface area contributed by atoms with Crippen LogP contribution in [-0.4, -0.2) is 16.4 Å². The molecule has 0 saturated heterocycles. The maximum Gasteiger partial charge on any atom is 0.257 e. The minimum atomic E-state index is -0.210. The number of nitrogens with zero attached hydrogens (tertiary/aromatic N) is 1. The van der Waals surface area contributed by atoms with E-state index in [9.17, 15) is 4.79 Å². The highest BCUT2D eigenvalue weighted by atomic mass is 35.5. The van der Waals surface area contributed by atoms with Gasteiger partial charge in [-0.25, -0.2) is 0 Å². The van der Waals surface area contributed by atoms with E-state index < -0.39 is 0 Å². The van der Waals surface area contributed by atoms with Crippen molar-refractivity contribution in [3.8, 4) is 0 Å². The Morgan fingerprint density at radius 3 is 2.53 bits per heavy atom. The maximum absolute atomic E-state index is 12.0. The molecule has 0 aliphatic heterocycles. The average molecular weight is 279 g/mol. The van der Waals surface area contributed by atoms with Crippen LogP contribution in [-0.2, 0) is 0 Å². The Balaban J connectivity index is 0.00000180. The zero-order valence-electron chi connectivity index (χ0n) is 10.7. The quantitative estimate of drug-likeness (QED) is 0.917. The van der Waals surface area contributed by atoms with Crippen molar-refractivity contribution >= 4 is 23.2 Å². The summed E-state index contributed by atoms with van der Waals surface area (Å²) in [6.07, 6.45) is 1.55. The van der Waals surface area contributed by atoms with Crippen molar-refractivity contribution in [3.05, 3.63) is 58.4 Å². The lowest BCUT2D eigenvalue weighted by Crippen LogP contribution is -2.13. The molecule has 2 aromatic rings. The summed E-state index contributed by atoms with van der Waals surface area (Å²) in [5, 5.41) is 3.33. The number of hydrogen-bond donors (Lipinski definition) is 1. The Labute approximate surface area is 116 Å². The number of aryl methyl sites for hydroxylation is 2. The molecule has 0 spiro atoms. The van der Waals surface area contributed by atoms with Gasteiger partial charge in [0.25, 0.3) is 5.91 Å². The Morgan fingerprint density at radius 1 is 1.21 bits per heavy atom. The highest BCUT2D eigenvalue weighted by Gasteiger charge is 2.10. The molecule has 100 valence electrons. The van der Waals surface area contributed by atoms with Crippen molar-refractivity contribution in [1.82, 2.24) is 4.98 Å². The van der Waals surface area contributed by atoms with Crippen LogP contribution in [0.25, 0.3) is 0 Å². The first-order valence-corrected chi connectivity index (χ1v) is 5.95. The first-order chi connectivity index (χ1) is 8.58. The Kier molecular flexibility index (Phi) is 5.03. The van der Waals surface area contributed by atoms with Crippen LogP contribution in [0.3, 0.4) is 0 Å². The first-order valence-electron chi connectivity index (χ1n) is 5.57. The van der Waals surface area contributed by atoms with Gasteiger partial charge in [-0.05, 0) is 37.6 Å². The van der Waals surface area contributed by atoms with E-state index in [4.69, 9.17) is 11.6 Å². The number of carbonyl (C=O) groups is 1. The van der Waals surface area contributed by atoms with Crippen LogP contribution in [0.2, 0.25) is 5.02 Å². The fourth-order valence-electron chi connectivity index (χ4n) is 1.58. The fourth-order valence-corrected chi connectivity index (χ4v) is 1.85. The van der Waals surface area contributed by atoms with Crippen LogP contribution in [0.5, 0.6) is 0 Å². The summed E-state index contributed by atoms with van der Waals surface area (Å²) in [5.74, 6) is -0.210. The average Bonchev–Trinajstić information content (AvgIpc) is 2.34. The monoisotopic (exact) mass is 278 g/mol. The Bertz CT molecular complexity index is 562. The number of aromatic nitrogens is 1. The number of para-hydroxylation sites is 1. The number of nitrogens with one attached hydrogen (secondary N) is 1. The lowest BCUT2D eigenvalue weighted by atomic mass is 10.2. The van der Waals surface area contributed by atoms with Crippen molar-refractivity contribution in [1.29, 1.82) is 0 Å². The third-order valence-electron chi connectivity index (χ3n) is 2.63. The number of benzene rings is 1. The maximum atomic E-state index is 12.0. The molecule has 1 heterocycles. The van der Waals surface area contributed by atoms with Crippen LogP contribution in [0.4, 0.5) is 5.69 Å². The van der Waals surface area contributed by atoms with E-state index in [1.165, 1.54) is 0 Å². The number of amides is 1. The second-order valence-electron chi connectivity index (χ2n) is 4.07. The summed E-state index contributed by atoms with van der Waals surface area (Å²) in [6.45, 7) is 3.77. The zero-order valence-corrected chi connectivity index (χ0v) is 11.5. The molecular formula is C14H15ClN2O2. The van der Waals surface area contributed by atoms with Crippen LogP contribution >= 0.6 is 11.6 Å². The zero-order chi connectivity index (χ0) is 13.1. The van der Waals surface area contributed by atoms with Crippen molar-refractivity contribution in [2.24, 2.45) is 0 Å². The minimum absolute atomic E-state index is 0. The number of halogens is 1. The van der Waals surface area contributed by atoms with Crippen LogP contribution in [0, 0.1) is 13.8 Å². The standard InChI is InChI=1S/C14H13ClN2O.H2O/c1-9-4-3-5-12(15)13(9)17-14(18)11-7-6-10(2)16-8-11;/h3-8H,1-2H3,(H,17,18);1H2. The summed E-state index contributed by atoms with van der Waals surface area (Å²) >= 11 is 6.06.